The Kier molecular flexibility index (Phi) is 5.12. The molecule has 0 bridgehead atoms. The maximum Gasteiger partial charge on any atom is 0.132 e. The Hall–Kier alpha value is -5.66. The van der Waals surface area contributed by atoms with E-state index in [1.807, 2.05) is 0 Å². The Morgan fingerprint density at radius 3 is 1.63 bits per heavy atom. The average molecular weight is 587 g/mol. The molecule has 7 aromatic carbocycles. The van der Waals surface area contributed by atoms with Crippen molar-refractivity contribution in [1.29, 1.82) is 0 Å². The minimum atomic E-state index is -0.515. The first-order valence-electron chi connectivity index (χ1n) is 16.1. The van der Waals surface area contributed by atoms with Gasteiger partial charge < -0.3 is 4.74 Å². The van der Waals surface area contributed by atoms with Crippen LogP contribution < -0.4 is 4.74 Å². The molecule has 46 heavy (non-hydrogen) atoms. The number of hydrogen-bond acceptors (Lipinski definition) is 1. The molecular weight excluding hydrogens is 556 g/mol. The van der Waals surface area contributed by atoms with Crippen LogP contribution in [0.3, 0.4) is 0 Å². The number of para-hydroxylation sites is 1. The molecule has 10 rings (SSSR count). The molecule has 2 aliphatic carbocycles. The SMILES string of the molecule is CC1(c2ccccc2)c2ccccc2-c2ccc(-c3cccc4c3C3(c5ccccc5O4)c4ccccc4-c4ccccc43)cc21. The highest BCUT2D eigenvalue weighted by Crippen LogP contribution is 2.64. The van der Waals surface area contributed by atoms with Gasteiger partial charge in [0.25, 0.3) is 0 Å². The third-order valence-corrected chi connectivity index (χ3v) is 10.8. The maximum atomic E-state index is 6.81. The van der Waals surface area contributed by atoms with Gasteiger partial charge in [0.1, 0.15) is 11.5 Å². The zero-order chi connectivity index (χ0) is 30.5. The van der Waals surface area contributed by atoms with Crippen molar-refractivity contribution in [3.05, 3.63) is 203 Å². The fourth-order valence-corrected chi connectivity index (χ4v) is 8.90. The van der Waals surface area contributed by atoms with Gasteiger partial charge in [0.05, 0.1) is 5.41 Å². The molecular formula is C45H30O. The lowest BCUT2D eigenvalue weighted by molar-refractivity contribution is 0.437. The topological polar surface area (TPSA) is 9.23 Å². The molecule has 1 heteroatoms. The molecule has 0 N–H and O–H groups in total. The minimum Gasteiger partial charge on any atom is -0.457 e. The number of ether oxygens (including phenoxy) is 1. The summed E-state index contributed by atoms with van der Waals surface area (Å²) in [6, 6.07) is 60.1. The van der Waals surface area contributed by atoms with Crippen molar-refractivity contribution in [3.63, 3.8) is 0 Å². The third kappa shape index (κ3) is 3.10. The van der Waals surface area contributed by atoms with Crippen molar-refractivity contribution in [2.24, 2.45) is 0 Å². The summed E-state index contributed by atoms with van der Waals surface area (Å²) >= 11 is 0. The van der Waals surface area contributed by atoms with Crippen LogP contribution in [0.15, 0.2) is 164 Å². The molecule has 0 saturated heterocycles. The highest BCUT2D eigenvalue weighted by atomic mass is 16.5. The van der Waals surface area contributed by atoms with Crippen LogP contribution in [-0.4, -0.2) is 0 Å². The Labute approximate surface area is 269 Å². The van der Waals surface area contributed by atoms with E-state index in [9.17, 15) is 0 Å². The van der Waals surface area contributed by atoms with E-state index in [4.69, 9.17) is 4.74 Å². The van der Waals surface area contributed by atoms with Gasteiger partial charge in [0.15, 0.2) is 0 Å². The normalized spacial score (nSPS) is 17.2. The monoisotopic (exact) mass is 586 g/mol. The van der Waals surface area contributed by atoms with Crippen molar-refractivity contribution in [1.82, 2.24) is 0 Å². The van der Waals surface area contributed by atoms with Gasteiger partial charge in [0, 0.05) is 16.5 Å². The lowest BCUT2D eigenvalue weighted by Gasteiger charge is -2.40. The van der Waals surface area contributed by atoms with Crippen LogP contribution in [0.4, 0.5) is 0 Å². The number of rotatable bonds is 2. The van der Waals surface area contributed by atoms with E-state index in [1.165, 1.54) is 72.3 Å². The van der Waals surface area contributed by atoms with E-state index < -0.39 is 5.41 Å². The number of hydrogen-bond donors (Lipinski definition) is 0. The summed E-state index contributed by atoms with van der Waals surface area (Å²) in [6.45, 7) is 2.39. The molecule has 1 heterocycles. The van der Waals surface area contributed by atoms with E-state index >= 15 is 0 Å². The highest BCUT2D eigenvalue weighted by Gasteiger charge is 2.52. The largest absolute Gasteiger partial charge is 0.457 e. The zero-order valence-electron chi connectivity index (χ0n) is 25.5. The van der Waals surface area contributed by atoms with Gasteiger partial charge in [-0.3, -0.25) is 0 Å². The summed E-state index contributed by atoms with van der Waals surface area (Å²) in [5, 5.41) is 0. The van der Waals surface area contributed by atoms with E-state index in [1.54, 1.807) is 0 Å². The third-order valence-electron chi connectivity index (χ3n) is 10.8. The molecule has 1 spiro atoms. The van der Waals surface area contributed by atoms with E-state index in [-0.39, 0.29) is 5.41 Å². The molecule has 7 aromatic rings. The molecule has 0 saturated carbocycles. The van der Waals surface area contributed by atoms with Crippen molar-refractivity contribution in [2.45, 2.75) is 17.8 Å². The Balaban J connectivity index is 1.29. The van der Waals surface area contributed by atoms with Gasteiger partial charge in [-0.1, -0.05) is 146 Å². The lowest BCUT2D eigenvalue weighted by Crippen LogP contribution is -2.32. The van der Waals surface area contributed by atoms with E-state index in [2.05, 4.69) is 171 Å². The predicted octanol–water partition coefficient (Wildman–Crippen LogP) is 11.2. The zero-order valence-corrected chi connectivity index (χ0v) is 25.5. The van der Waals surface area contributed by atoms with Crippen LogP contribution >= 0.6 is 0 Å². The van der Waals surface area contributed by atoms with Gasteiger partial charge in [-0.05, 0) is 86.3 Å². The van der Waals surface area contributed by atoms with Crippen molar-refractivity contribution in [3.8, 4) is 44.9 Å². The summed E-state index contributed by atoms with van der Waals surface area (Å²) in [4.78, 5) is 0. The van der Waals surface area contributed by atoms with Crippen molar-refractivity contribution < 1.29 is 4.74 Å². The molecule has 0 radical (unpaired) electrons. The van der Waals surface area contributed by atoms with E-state index in [0.717, 1.165) is 11.5 Å². The van der Waals surface area contributed by atoms with E-state index in [0.29, 0.717) is 0 Å². The molecule has 1 unspecified atom stereocenters. The molecule has 0 aromatic heterocycles. The lowest BCUT2D eigenvalue weighted by atomic mass is 9.64. The predicted molar refractivity (Wildman–Crippen MR) is 187 cm³/mol. The smallest absolute Gasteiger partial charge is 0.132 e. The van der Waals surface area contributed by atoms with Gasteiger partial charge in [-0.15, -0.1) is 0 Å². The maximum absolute atomic E-state index is 6.81. The van der Waals surface area contributed by atoms with Crippen molar-refractivity contribution >= 4 is 0 Å². The fraction of sp³-hybridized carbons (Fsp3) is 0.0667. The molecule has 0 fully saturated rings. The number of benzene rings is 7. The minimum absolute atomic E-state index is 0.272. The van der Waals surface area contributed by atoms with Crippen LogP contribution in [0.5, 0.6) is 11.5 Å². The Morgan fingerprint density at radius 2 is 0.913 bits per heavy atom. The molecule has 1 atom stereocenters. The fourth-order valence-electron chi connectivity index (χ4n) is 8.90. The van der Waals surface area contributed by atoms with Crippen LogP contribution in [0, 0.1) is 0 Å². The van der Waals surface area contributed by atoms with Crippen molar-refractivity contribution in [2.75, 3.05) is 0 Å². The molecule has 216 valence electrons. The van der Waals surface area contributed by atoms with Gasteiger partial charge in [-0.2, -0.15) is 0 Å². The van der Waals surface area contributed by atoms with Crippen LogP contribution in [0.25, 0.3) is 33.4 Å². The second-order valence-electron chi connectivity index (χ2n) is 12.9. The van der Waals surface area contributed by atoms with Gasteiger partial charge >= 0.3 is 0 Å². The van der Waals surface area contributed by atoms with Gasteiger partial charge in [-0.25, -0.2) is 0 Å². The second-order valence-corrected chi connectivity index (χ2v) is 12.9. The quantitative estimate of drug-likeness (QED) is 0.196. The second kappa shape index (κ2) is 9.19. The van der Waals surface area contributed by atoms with Crippen LogP contribution in [0.1, 0.15) is 45.9 Å². The standard InChI is InChI=1S/C45H30O/c1-44(30-14-3-2-4-15-30)36-20-8-5-16-32(36)35-27-26-29(28-40(35)44)31-19-13-25-42-43(31)45(39-23-11-12-24-41(39)46-42)37-21-9-6-17-33(37)34-18-7-10-22-38(34)45/h2-28H,1H3. The highest BCUT2D eigenvalue weighted by molar-refractivity contribution is 5.93. The number of fused-ring (bicyclic) bond motifs is 12. The van der Waals surface area contributed by atoms with Gasteiger partial charge in [0.2, 0.25) is 0 Å². The molecule has 1 aliphatic heterocycles. The molecule has 1 nitrogen and oxygen atoms in total. The average Bonchev–Trinajstić information content (AvgIpc) is 3.56. The first-order chi connectivity index (χ1) is 22.7. The van der Waals surface area contributed by atoms with Crippen LogP contribution in [0.2, 0.25) is 0 Å². The summed E-state index contributed by atoms with van der Waals surface area (Å²) < 4.78 is 6.81. The molecule has 0 amide bonds. The van der Waals surface area contributed by atoms with Crippen LogP contribution in [-0.2, 0) is 10.8 Å². The Bertz CT molecular complexity index is 2320. The first-order valence-corrected chi connectivity index (χ1v) is 16.1. The summed E-state index contributed by atoms with van der Waals surface area (Å²) in [6.07, 6.45) is 0. The summed E-state index contributed by atoms with van der Waals surface area (Å²) in [5.74, 6) is 1.83. The first kappa shape index (κ1) is 25.6. The Morgan fingerprint density at radius 1 is 0.391 bits per heavy atom. The summed E-state index contributed by atoms with van der Waals surface area (Å²) in [7, 11) is 0. The summed E-state index contributed by atoms with van der Waals surface area (Å²) in [5.41, 5.74) is 15.8. The molecule has 3 aliphatic rings.